The number of carbonyl (C=O) groups is 2. The van der Waals surface area contributed by atoms with Gasteiger partial charge in [-0.05, 0) is 43.3 Å². The molecule has 1 amide bonds. The maximum absolute atomic E-state index is 12.1. The number of nitro benzene ring substituents is 1. The summed E-state index contributed by atoms with van der Waals surface area (Å²) in [5, 5.41) is 13.3. The second-order valence-corrected chi connectivity index (χ2v) is 5.07. The molecule has 0 saturated carbocycles. The first kappa shape index (κ1) is 17.9. The molecule has 8 heteroatoms. The van der Waals surface area contributed by atoms with Crippen molar-refractivity contribution < 1.29 is 24.0 Å². The van der Waals surface area contributed by atoms with Gasteiger partial charge in [-0.25, -0.2) is 4.79 Å². The van der Waals surface area contributed by atoms with Gasteiger partial charge in [0, 0.05) is 17.8 Å². The van der Waals surface area contributed by atoms with E-state index in [1.165, 1.54) is 43.5 Å². The Bertz CT molecular complexity index is 771. The Kier molecular flexibility index (Phi) is 5.67. The van der Waals surface area contributed by atoms with Crippen LogP contribution in [0, 0.1) is 10.1 Å². The van der Waals surface area contributed by atoms with Crippen LogP contribution in [-0.2, 0) is 9.53 Å². The van der Waals surface area contributed by atoms with Crippen LogP contribution in [0.25, 0.3) is 0 Å². The molecule has 1 N–H and O–H groups in total. The number of nitro groups is 1. The van der Waals surface area contributed by atoms with Crippen molar-refractivity contribution in [1.82, 2.24) is 0 Å². The molecule has 25 heavy (non-hydrogen) atoms. The highest BCUT2D eigenvalue weighted by atomic mass is 16.6. The van der Waals surface area contributed by atoms with Gasteiger partial charge >= 0.3 is 5.97 Å². The number of benzene rings is 2. The van der Waals surface area contributed by atoms with Crippen molar-refractivity contribution in [3.8, 4) is 5.75 Å². The predicted molar refractivity (Wildman–Crippen MR) is 89.6 cm³/mol. The minimum absolute atomic E-state index is 0.0600. The fourth-order valence-corrected chi connectivity index (χ4v) is 1.96. The van der Waals surface area contributed by atoms with Crippen LogP contribution in [0.4, 0.5) is 11.4 Å². The first-order valence-corrected chi connectivity index (χ1v) is 7.31. The van der Waals surface area contributed by atoms with E-state index >= 15 is 0 Å². The van der Waals surface area contributed by atoms with E-state index in [0.29, 0.717) is 17.0 Å². The number of anilines is 1. The van der Waals surface area contributed by atoms with Crippen molar-refractivity contribution >= 4 is 23.3 Å². The zero-order valence-electron chi connectivity index (χ0n) is 13.6. The average molecular weight is 344 g/mol. The molecule has 0 bridgehead atoms. The topological polar surface area (TPSA) is 108 Å². The number of hydrogen-bond acceptors (Lipinski definition) is 6. The lowest BCUT2D eigenvalue weighted by atomic mass is 10.2. The maximum atomic E-state index is 12.1. The molecule has 2 rings (SSSR count). The second kappa shape index (κ2) is 7.91. The van der Waals surface area contributed by atoms with Crippen molar-refractivity contribution in [3.63, 3.8) is 0 Å². The van der Waals surface area contributed by atoms with Crippen molar-refractivity contribution in [2.45, 2.75) is 13.0 Å². The Morgan fingerprint density at radius 3 is 2.20 bits per heavy atom. The Morgan fingerprint density at radius 1 is 1.08 bits per heavy atom. The molecular formula is C17H16N2O6. The Hall–Kier alpha value is -3.42. The van der Waals surface area contributed by atoms with Gasteiger partial charge in [-0.2, -0.15) is 0 Å². The van der Waals surface area contributed by atoms with Crippen LogP contribution in [0.15, 0.2) is 48.5 Å². The summed E-state index contributed by atoms with van der Waals surface area (Å²) in [5.41, 5.74) is 0.808. The second-order valence-electron chi connectivity index (χ2n) is 5.07. The predicted octanol–water partition coefficient (Wildman–Crippen LogP) is 2.79. The first-order valence-electron chi connectivity index (χ1n) is 7.31. The summed E-state index contributed by atoms with van der Waals surface area (Å²) in [6, 6.07) is 11.6. The first-order chi connectivity index (χ1) is 11.9. The number of non-ortho nitro benzene ring substituents is 1. The summed E-state index contributed by atoms with van der Waals surface area (Å²) < 4.78 is 10.1. The number of nitrogens with zero attached hydrogens (tertiary/aromatic N) is 1. The van der Waals surface area contributed by atoms with E-state index in [1.807, 2.05) is 0 Å². The number of hydrogen-bond donors (Lipinski definition) is 1. The molecule has 0 aliphatic carbocycles. The monoisotopic (exact) mass is 344 g/mol. The third-order valence-electron chi connectivity index (χ3n) is 3.30. The molecule has 0 aliphatic heterocycles. The van der Waals surface area contributed by atoms with Gasteiger partial charge in [0.1, 0.15) is 5.75 Å². The van der Waals surface area contributed by atoms with Crippen molar-refractivity contribution in [3.05, 3.63) is 64.2 Å². The standard InChI is InChI=1S/C17H16N2O6/c1-11(25-15-9-7-14(8-10-15)19(22)23)16(20)18-13-5-3-12(4-6-13)17(21)24-2/h3-11H,1-2H3,(H,18,20). The highest BCUT2D eigenvalue weighted by Crippen LogP contribution is 2.19. The summed E-state index contributed by atoms with van der Waals surface area (Å²) in [7, 11) is 1.29. The van der Waals surface area contributed by atoms with Crippen LogP contribution >= 0.6 is 0 Å². The third-order valence-corrected chi connectivity index (χ3v) is 3.30. The molecule has 0 aliphatic rings. The van der Waals surface area contributed by atoms with Gasteiger partial charge < -0.3 is 14.8 Å². The van der Waals surface area contributed by atoms with Gasteiger partial charge in [0.15, 0.2) is 6.10 Å². The minimum atomic E-state index is -0.818. The van der Waals surface area contributed by atoms with Gasteiger partial charge in [0.2, 0.25) is 0 Å². The normalized spacial score (nSPS) is 11.3. The van der Waals surface area contributed by atoms with Crippen molar-refractivity contribution in [2.24, 2.45) is 0 Å². The molecule has 2 aromatic carbocycles. The summed E-state index contributed by atoms with van der Waals surface area (Å²) in [6.07, 6.45) is -0.818. The lowest BCUT2D eigenvalue weighted by Gasteiger charge is -2.14. The van der Waals surface area contributed by atoms with E-state index < -0.39 is 22.9 Å². The molecule has 8 nitrogen and oxygen atoms in total. The van der Waals surface area contributed by atoms with Crippen molar-refractivity contribution in [1.29, 1.82) is 0 Å². The van der Waals surface area contributed by atoms with E-state index in [9.17, 15) is 19.7 Å². The molecule has 1 unspecified atom stereocenters. The molecule has 0 saturated heterocycles. The molecule has 0 aromatic heterocycles. The zero-order chi connectivity index (χ0) is 18.4. The Morgan fingerprint density at radius 2 is 1.68 bits per heavy atom. The highest BCUT2D eigenvalue weighted by molar-refractivity contribution is 5.95. The smallest absolute Gasteiger partial charge is 0.337 e. The van der Waals surface area contributed by atoms with Crippen LogP contribution in [-0.4, -0.2) is 30.0 Å². The van der Waals surface area contributed by atoms with E-state index in [-0.39, 0.29) is 5.69 Å². The summed E-state index contributed by atoms with van der Waals surface area (Å²) in [4.78, 5) is 33.6. The lowest BCUT2D eigenvalue weighted by molar-refractivity contribution is -0.384. The average Bonchev–Trinajstić information content (AvgIpc) is 2.62. The van der Waals surface area contributed by atoms with Gasteiger partial charge in [-0.15, -0.1) is 0 Å². The molecule has 1 atom stereocenters. The summed E-state index contributed by atoms with van der Waals surface area (Å²) in [6.45, 7) is 1.56. The minimum Gasteiger partial charge on any atom is -0.481 e. The fourth-order valence-electron chi connectivity index (χ4n) is 1.96. The number of carbonyl (C=O) groups excluding carboxylic acids is 2. The molecule has 0 fully saturated rings. The van der Waals surface area contributed by atoms with Crippen LogP contribution < -0.4 is 10.1 Å². The van der Waals surface area contributed by atoms with Gasteiger partial charge in [0.05, 0.1) is 17.6 Å². The van der Waals surface area contributed by atoms with Gasteiger partial charge in [-0.1, -0.05) is 0 Å². The molecule has 0 spiro atoms. The number of ether oxygens (including phenoxy) is 2. The number of methoxy groups -OCH3 is 1. The number of amides is 1. The van der Waals surface area contributed by atoms with E-state index in [2.05, 4.69) is 10.1 Å². The molecule has 2 aromatic rings. The van der Waals surface area contributed by atoms with Crippen LogP contribution in [0.3, 0.4) is 0 Å². The summed E-state index contributed by atoms with van der Waals surface area (Å²) in [5.74, 6) is -0.522. The fraction of sp³-hybridized carbons (Fsp3) is 0.176. The van der Waals surface area contributed by atoms with Gasteiger partial charge in [-0.3, -0.25) is 14.9 Å². The zero-order valence-corrected chi connectivity index (χ0v) is 13.6. The molecule has 130 valence electrons. The molecule has 0 heterocycles. The SMILES string of the molecule is COC(=O)c1ccc(NC(=O)C(C)Oc2ccc([N+](=O)[O-])cc2)cc1. The Labute approximate surface area is 143 Å². The number of rotatable bonds is 6. The Balaban J connectivity index is 1.95. The molecular weight excluding hydrogens is 328 g/mol. The van der Waals surface area contributed by atoms with Gasteiger partial charge in [0.25, 0.3) is 11.6 Å². The summed E-state index contributed by atoms with van der Waals surface area (Å²) >= 11 is 0. The van der Waals surface area contributed by atoms with Crippen LogP contribution in [0.5, 0.6) is 5.75 Å². The number of esters is 1. The largest absolute Gasteiger partial charge is 0.481 e. The van der Waals surface area contributed by atoms with E-state index in [0.717, 1.165) is 0 Å². The number of nitrogens with one attached hydrogen (secondary N) is 1. The highest BCUT2D eigenvalue weighted by Gasteiger charge is 2.16. The third kappa shape index (κ3) is 4.77. The van der Waals surface area contributed by atoms with Crippen molar-refractivity contribution in [2.75, 3.05) is 12.4 Å². The molecule has 0 radical (unpaired) electrons. The maximum Gasteiger partial charge on any atom is 0.337 e. The quantitative estimate of drug-likeness (QED) is 0.490. The van der Waals surface area contributed by atoms with E-state index in [1.54, 1.807) is 19.1 Å². The lowest BCUT2D eigenvalue weighted by Crippen LogP contribution is -2.30. The van der Waals surface area contributed by atoms with Crippen LogP contribution in [0.1, 0.15) is 17.3 Å². The van der Waals surface area contributed by atoms with Crippen LogP contribution in [0.2, 0.25) is 0 Å². The van der Waals surface area contributed by atoms with E-state index in [4.69, 9.17) is 4.74 Å².